The summed E-state index contributed by atoms with van der Waals surface area (Å²) >= 11 is 0. The van der Waals surface area contributed by atoms with Crippen molar-refractivity contribution in [2.75, 3.05) is 0 Å². The quantitative estimate of drug-likeness (QED) is 0.558. The Morgan fingerprint density at radius 2 is 1.80 bits per heavy atom. The van der Waals surface area contributed by atoms with Crippen LogP contribution >= 0.6 is 0 Å². The summed E-state index contributed by atoms with van der Waals surface area (Å²) in [6, 6.07) is 9.39. The number of Topliss-reactive ketones (excluding diaryl/α,β-unsaturated/α-hetero) is 1. The summed E-state index contributed by atoms with van der Waals surface area (Å²) in [7, 11) is 0. The SMILES string of the molecule is C[C@@H]1C[C@@]2(C)[C@H](CC[C@H]3[C@H]2CC[C@]2(C)C(=O)CC[C@@H]32)C[C@H]1OC(=O)c1ccccc1. The van der Waals surface area contributed by atoms with Crippen LogP contribution in [-0.2, 0) is 9.53 Å². The number of carbonyl (C=O) groups excluding carboxylic acids is 2. The molecule has 0 aliphatic heterocycles. The molecule has 0 bridgehead atoms. The summed E-state index contributed by atoms with van der Waals surface area (Å²) in [5.41, 5.74) is 0.933. The fraction of sp³-hybridized carbons (Fsp3) is 0.704. The van der Waals surface area contributed by atoms with E-state index < -0.39 is 0 Å². The van der Waals surface area contributed by atoms with Gasteiger partial charge in [-0.2, -0.15) is 0 Å². The monoisotopic (exact) mass is 408 g/mol. The third-order valence-electron chi connectivity index (χ3n) is 9.96. The Bertz CT molecular complexity index is 832. The molecule has 162 valence electrons. The highest BCUT2D eigenvalue weighted by Gasteiger charge is 2.61. The summed E-state index contributed by atoms with van der Waals surface area (Å²) in [5.74, 6) is 3.41. The molecule has 0 N–H and O–H groups in total. The predicted octanol–water partition coefficient (Wildman–Crippen LogP) is 6.07. The molecule has 4 aliphatic carbocycles. The Labute approximate surface area is 181 Å². The number of hydrogen-bond donors (Lipinski definition) is 0. The summed E-state index contributed by atoms with van der Waals surface area (Å²) in [4.78, 5) is 25.3. The lowest BCUT2D eigenvalue weighted by Gasteiger charge is -2.61. The van der Waals surface area contributed by atoms with Crippen LogP contribution in [-0.4, -0.2) is 17.9 Å². The summed E-state index contributed by atoms with van der Waals surface area (Å²) in [6.07, 6.45) is 8.86. The van der Waals surface area contributed by atoms with Gasteiger partial charge in [-0.05, 0) is 92.1 Å². The largest absolute Gasteiger partial charge is 0.458 e. The van der Waals surface area contributed by atoms with Crippen LogP contribution < -0.4 is 0 Å². The molecular weight excluding hydrogens is 372 g/mol. The van der Waals surface area contributed by atoms with Crippen LogP contribution in [0.3, 0.4) is 0 Å². The second-order valence-corrected chi connectivity index (χ2v) is 11.3. The van der Waals surface area contributed by atoms with Crippen molar-refractivity contribution in [1.82, 2.24) is 0 Å². The van der Waals surface area contributed by atoms with Gasteiger partial charge in [-0.3, -0.25) is 4.79 Å². The highest BCUT2D eigenvalue weighted by Crippen LogP contribution is 2.66. The third-order valence-corrected chi connectivity index (χ3v) is 9.96. The van der Waals surface area contributed by atoms with E-state index in [0.717, 1.165) is 38.0 Å². The lowest BCUT2D eigenvalue weighted by Crippen LogP contribution is -2.55. The molecule has 1 aromatic carbocycles. The Morgan fingerprint density at radius 3 is 2.57 bits per heavy atom. The molecule has 3 nitrogen and oxygen atoms in total. The number of rotatable bonds is 2. The van der Waals surface area contributed by atoms with Crippen molar-refractivity contribution < 1.29 is 14.3 Å². The second-order valence-electron chi connectivity index (χ2n) is 11.3. The molecular formula is C27H36O3. The van der Waals surface area contributed by atoms with Crippen LogP contribution in [0.25, 0.3) is 0 Å². The Hall–Kier alpha value is -1.64. The number of ketones is 1. The number of ether oxygens (including phenoxy) is 1. The first kappa shape index (κ1) is 20.3. The van der Waals surface area contributed by atoms with Crippen molar-refractivity contribution in [2.45, 2.75) is 78.2 Å². The van der Waals surface area contributed by atoms with Crippen LogP contribution in [0.1, 0.15) is 82.5 Å². The van der Waals surface area contributed by atoms with Gasteiger partial charge in [0, 0.05) is 11.8 Å². The van der Waals surface area contributed by atoms with Gasteiger partial charge in [0.1, 0.15) is 11.9 Å². The molecule has 30 heavy (non-hydrogen) atoms. The van der Waals surface area contributed by atoms with E-state index in [2.05, 4.69) is 20.8 Å². The van der Waals surface area contributed by atoms with E-state index in [1.54, 1.807) is 0 Å². The molecule has 4 saturated carbocycles. The van der Waals surface area contributed by atoms with Crippen LogP contribution in [0.4, 0.5) is 0 Å². The van der Waals surface area contributed by atoms with E-state index in [4.69, 9.17) is 4.74 Å². The molecule has 0 unspecified atom stereocenters. The van der Waals surface area contributed by atoms with Crippen molar-refractivity contribution in [1.29, 1.82) is 0 Å². The molecule has 0 heterocycles. The Morgan fingerprint density at radius 1 is 1.03 bits per heavy atom. The molecule has 0 aromatic heterocycles. The van der Waals surface area contributed by atoms with Gasteiger partial charge in [-0.15, -0.1) is 0 Å². The first-order chi connectivity index (χ1) is 14.3. The van der Waals surface area contributed by atoms with Crippen LogP contribution in [0.15, 0.2) is 30.3 Å². The van der Waals surface area contributed by atoms with E-state index in [-0.39, 0.29) is 17.5 Å². The van der Waals surface area contributed by atoms with Crippen LogP contribution in [0, 0.1) is 40.4 Å². The molecule has 0 radical (unpaired) electrons. The highest BCUT2D eigenvalue weighted by atomic mass is 16.5. The van der Waals surface area contributed by atoms with Crippen LogP contribution in [0.5, 0.6) is 0 Å². The molecule has 0 saturated heterocycles. The van der Waals surface area contributed by atoms with E-state index in [9.17, 15) is 9.59 Å². The van der Waals surface area contributed by atoms with Gasteiger partial charge >= 0.3 is 5.97 Å². The Kier molecular flexibility index (Phi) is 4.87. The van der Waals surface area contributed by atoms with E-state index in [0.29, 0.717) is 40.4 Å². The van der Waals surface area contributed by atoms with Gasteiger partial charge in [0.05, 0.1) is 5.56 Å². The first-order valence-corrected chi connectivity index (χ1v) is 12.1. The fourth-order valence-electron chi connectivity index (χ4n) is 8.29. The molecule has 0 amide bonds. The van der Waals surface area contributed by atoms with E-state index >= 15 is 0 Å². The van der Waals surface area contributed by atoms with E-state index in [1.807, 2.05) is 30.3 Å². The number of benzene rings is 1. The minimum atomic E-state index is -0.178. The maximum Gasteiger partial charge on any atom is 0.338 e. The molecule has 5 rings (SSSR count). The molecule has 4 fully saturated rings. The molecule has 3 heteroatoms. The standard InChI is InChI=1S/C27H36O3/c1-17-16-27(3)19(15-23(17)30-25(29)18-7-5-4-6-8-18)9-10-20-21-11-12-24(28)26(21,2)14-13-22(20)27/h4-8,17,19-23H,9-16H2,1-3H3/t17-,19-,20-,21+,22-,23-,26+,27+/m1/s1. The number of esters is 1. The fourth-order valence-corrected chi connectivity index (χ4v) is 8.29. The minimum absolute atomic E-state index is 0.0224. The second kappa shape index (κ2) is 7.21. The summed E-state index contributed by atoms with van der Waals surface area (Å²) < 4.78 is 6.04. The van der Waals surface area contributed by atoms with Crippen molar-refractivity contribution >= 4 is 11.8 Å². The lowest BCUT2D eigenvalue weighted by molar-refractivity contribution is -0.148. The van der Waals surface area contributed by atoms with Gasteiger partial charge in [0.2, 0.25) is 0 Å². The van der Waals surface area contributed by atoms with Crippen molar-refractivity contribution in [3.63, 3.8) is 0 Å². The maximum atomic E-state index is 12.7. The minimum Gasteiger partial charge on any atom is -0.458 e. The first-order valence-electron chi connectivity index (χ1n) is 12.1. The average molecular weight is 409 g/mol. The highest BCUT2D eigenvalue weighted by molar-refractivity contribution is 5.89. The lowest BCUT2D eigenvalue weighted by atomic mass is 9.44. The van der Waals surface area contributed by atoms with Gasteiger partial charge in [-0.1, -0.05) is 39.0 Å². The number of fused-ring (bicyclic) bond motifs is 5. The zero-order valence-corrected chi connectivity index (χ0v) is 18.7. The van der Waals surface area contributed by atoms with Crippen LogP contribution in [0.2, 0.25) is 0 Å². The normalized spacial score (nSPS) is 45.2. The van der Waals surface area contributed by atoms with Gasteiger partial charge in [0.15, 0.2) is 0 Å². The van der Waals surface area contributed by atoms with Gasteiger partial charge < -0.3 is 4.74 Å². The zero-order valence-electron chi connectivity index (χ0n) is 18.7. The summed E-state index contributed by atoms with van der Waals surface area (Å²) in [5, 5.41) is 0. The van der Waals surface area contributed by atoms with Crippen molar-refractivity contribution in [2.24, 2.45) is 40.4 Å². The number of carbonyl (C=O) groups is 2. The predicted molar refractivity (Wildman–Crippen MR) is 117 cm³/mol. The summed E-state index contributed by atoms with van der Waals surface area (Å²) in [6.45, 7) is 7.07. The Balaban J connectivity index is 1.33. The maximum absolute atomic E-state index is 12.7. The van der Waals surface area contributed by atoms with Gasteiger partial charge in [-0.25, -0.2) is 4.79 Å². The average Bonchev–Trinajstić information content (AvgIpc) is 3.04. The number of hydrogen-bond acceptors (Lipinski definition) is 3. The molecule has 4 aliphatic rings. The van der Waals surface area contributed by atoms with Gasteiger partial charge in [0.25, 0.3) is 0 Å². The van der Waals surface area contributed by atoms with Crippen molar-refractivity contribution in [3.05, 3.63) is 35.9 Å². The zero-order chi connectivity index (χ0) is 21.1. The molecule has 1 aromatic rings. The smallest absolute Gasteiger partial charge is 0.338 e. The van der Waals surface area contributed by atoms with Crippen molar-refractivity contribution in [3.8, 4) is 0 Å². The van der Waals surface area contributed by atoms with E-state index in [1.165, 1.54) is 19.3 Å². The third kappa shape index (κ3) is 2.99. The topological polar surface area (TPSA) is 43.4 Å². The molecule has 8 atom stereocenters. The molecule has 0 spiro atoms.